The second-order valence-corrected chi connectivity index (χ2v) is 8.73. The van der Waals surface area contributed by atoms with Crippen LogP contribution in [-0.2, 0) is 15.5 Å². The van der Waals surface area contributed by atoms with Crippen LogP contribution in [-0.4, -0.2) is 18.7 Å². The third kappa shape index (κ3) is 4.70. The second-order valence-electron chi connectivity index (χ2n) is 7.16. The molecule has 0 aliphatic carbocycles. The van der Waals surface area contributed by atoms with Crippen molar-refractivity contribution in [2.75, 3.05) is 23.0 Å². The molecular weight excluding hydrogens is 386 g/mol. The van der Waals surface area contributed by atoms with Gasteiger partial charge in [0.2, 0.25) is 0 Å². The van der Waals surface area contributed by atoms with E-state index in [0.29, 0.717) is 23.5 Å². The van der Waals surface area contributed by atoms with Crippen LogP contribution in [0.3, 0.4) is 0 Å². The van der Waals surface area contributed by atoms with E-state index in [-0.39, 0.29) is 12.2 Å². The van der Waals surface area contributed by atoms with E-state index in [9.17, 15) is 13.0 Å². The molecule has 3 rings (SSSR count). The lowest BCUT2D eigenvalue weighted by Gasteiger charge is -2.36. The lowest BCUT2D eigenvalue weighted by atomic mass is 9.66. The van der Waals surface area contributed by atoms with Crippen molar-refractivity contribution in [2.45, 2.75) is 18.3 Å². The van der Waals surface area contributed by atoms with Gasteiger partial charge in [-0.1, -0.05) is 36.4 Å². The molecule has 0 fully saturated rings. The van der Waals surface area contributed by atoms with E-state index in [1.807, 2.05) is 72.8 Å². The van der Waals surface area contributed by atoms with Crippen LogP contribution in [0.4, 0.5) is 17.1 Å². The summed E-state index contributed by atoms with van der Waals surface area (Å²) in [6.45, 7) is 0. The summed E-state index contributed by atoms with van der Waals surface area (Å²) in [6, 6.07) is 22.6. The molecule has 3 aromatic carbocycles. The van der Waals surface area contributed by atoms with E-state index in [2.05, 4.69) is 0 Å². The molecule has 0 aliphatic heterocycles. The van der Waals surface area contributed by atoms with E-state index in [1.54, 1.807) is 0 Å². The van der Waals surface area contributed by atoms with Crippen molar-refractivity contribution in [1.29, 1.82) is 0 Å². The first kappa shape index (κ1) is 20.7. The summed E-state index contributed by atoms with van der Waals surface area (Å²) >= 11 is 0. The van der Waals surface area contributed by atoms with E-state index >= 15 is 0 Å². The van der Waals surface area contributed by atoms with Crippen molar-refractivity contribution >= 4 is 27.2 Å². The fourth-order valence-electron chi connectivity index (χ4n) is 3.76. The highest BCUT2D eigenvalue weighted by Gasteiger charge is 2.36. The Labute approximate surface area is 171 Å². The van der Waals surface area contributed by atoms with E-state index < -0.39 is 15.5 Å². The SMILES string of the molecule is Nc1ccc(C(CCCS(=O)(=O)O)(c2ccc(N)cc2)c2ccc(N)cc2)cc1. The van der Waals surface area contributed by atoms with Gasteiger partial charge in [-0.2, -0.15) is 8.42 Å². The number of benzene rings is 3. The smallest absolute Gasteiger partial charge is 0.264 e. The molecule has 0 aromatic heterocycles. The zero-order chi connectivity index (χ0) is 21.1. The predicted molar refractivity (Wildman–Crippen MR) is 118 cm³/mol. The molecule has 6 nitrogen and oxygen atoms in total. The molecular formula is C22H25N3O3S. The second kappa shape index (κ2) is 8.14. The summed E-state index contributed by atoms with van der Waals surface area (Å²) in [5.41, 5.74) is 21.8. The standard InChI is InChI=1S/C22H25N3O3S/c23-19-8-2-16(3-9-19)22(14-1-15-29(26,27)28,17-4-10-20(24)11-5-17)18-6-12-21(25)13-7-18/h2-13H,1,14-15,23-25H2,(H,26,27,28). The van der Waals surface area contributed by atoms with Gasteiger partial charge < -0.3 is 17.2 Å². The van der Waals surface area contributed by atoms with Gasteiger partial charge in [-0.05, 0) is 65.9 Å². The van der Waals surface area contributed by atoms with Crippen molar-refractivity contribution in [3.8, 4) is 0 Å². The molecule has 0 unspecified atom stereocenters. The van der Waals surface area contributed by atoms with Gasteiger partial charge in [-0.3, -0.25) is 4.55 Å². The molecule has 29 heavy (non-hydrogen) atoms. The fraction of sp³-hybridized carbons (Fsp3) is 0.182. The van der Waals surface area contributed by atoms with E-state index in [0.717, 1.165) is 16.7 Å². The Balaban J connectivity index is 2.23. The maximum Gasteiger partial charge on any atom is 0.264 e. The lowest BCUT2D eigenvalue weighted by molar-refractivity contribution is 0.473. The summed E-state index contributed by atoms with van der Waals surface area (Å²) < 4.78 is 32.0. The molecule has 0 bridgehead atoms. The first-order valence-electron chi connectivity index (χ1n) is 9.24. The van der Waals surface area contributed by atoms with Crippen LogP contribution in [0.25, 0.3) is 0 Å². The minimum absolute atomic E-state index is 0.262. The normalized spacial score (nSPS) is 12.0. The molecule has 152 valence electrons. The highest BCUT2D eigenvalue weighted by atomic mass is 32.2. The van der Waals surface area contributed by atoms with Crippen LogP contribution in [0.2, 0.25) is 0 Å². The molecule has 0 spiro atoms. The van der Waals surface area contributed by atoms with Crippen molar-refractivity contribution < 1.29 is 13.0 Å². The van der Waals surface area contributed by atoms with Crippen molar-refractivity contribution in [3.63, 3.8) is 0 Å². The van der Waals surface area contributed by atoms with Gasteiger partial charge in [-0.25, -0.2) is 0 Å². The van der Waals surface area contributed by atoms with Crippen LogP contribution < -0.4 is 17.2 Å². The molecule has 3 aromatic rings. The molecule has 0 heterocycles. The van der Waals surface area contributed by atoms with Crippen LogP contribution in [0.15, 0.2) is 72.8 Å². The van der Waals surface area contributed by atoms with Gasteiger partial charge in [0.15, 0.2) is 0 Å². The fourth-order valence-corrected chi connectivity index (χ4v) is 4.26. The minimum atomic E-state index is -4.07. The summed E-state index contributed by atoms with van der Waals surface area (Å²) in [5.74, 6) is -0.326. The van der Waals surface area contributed by atoms with Crippen molar-refractivity contribution in [3.05, 3.63) is 89.5 Å². The molecule has 7 N–H and O–H groups in total. The van der Waals surface area contributed by atoms with Gasteiger partial charge in [0.05, 0.1) is 5.75 Å². The van der Waals surface area contributed by atoms with Gasteiger partial charge in [0, 0.05) is 22.5 Å². The predicted octanol–water partition coefficient (Wildman–Crippen LogP) is 3.44. The van der Waals surface area contributed by atoms with Gasteiger partial charge >= 0.3 is 0 Å². The Kier molecular flexibility index (Phi) is 5.81. The number of nitrogen functional groups attached to an aromatic ring is 3. The quantitative estimate of drug-likeness (QED) is 0.267. The van der Waals surface area contributed by atoms with E-state index in [1.165, 1.54) is 0 Å². The minimum Gasteiger partial charge on any atom is -0.399 e. The van der Waals surface area contributed by atoms with Crippen LogP contribution in [0.5, 0.6) is 0 Å². The Morgan fingerprint density at radius 3 is 1.24 bits per heavy atom. The number of hydrogen-bond donors (Lipinski definition) is 4. The topological polar surface area (TPSA) is 132 Å². The third-order valence-electron chi connectivity index (χ3n) is 5.16. The summed E-state index contributed by atoms with van der Waals surface area (Å²) in [6.07, 6.45) is 0.711. The third-order valence-corrected chi connectivity index (χ3v) is 5.97. The van der Waals surface area contributed by atoms with Crippen molar-refractivity contribution in [2.24, 2.45) is 0 Å². The van der Waals surface area contributed by atoms with Crippen LogP contribution in [0.1, 0.15) is 29.5 Å². The lowest BCUT2D eigenvalue weighted by Crippen LogP contribution is -2.30. The Morgan fingerprint density at radius 2 is 0.966 bits per heavy atom. The molecule has 0 amide bonds. The number of nitrogens with two attached hydrogens (primary N) is 3. The van der Waals surface area contributed by atoms with Gasteiger partial charge in [-0.15, -0.1) is 0 Å². The number of hydrogen-bond acceptors (Lipinski definition) is 5. The molecule has 7 heteroatoms. The van der Waals surface area contributed by atoms with Crippen molar-refractivity contribution in [1.82, 2.24) is 0 Å². The average molecular weight is 412 g/mol. The van der Waals surface area contributed by atoms with Crippen LogP contribution in [0, 0.1) is 0 Å². The molecule has 0 saturated carbocycles. The highest BCUT2D eigenvalue weighted by molar-refractivity contribution is 7.85. The maximum atomic E-state index is 11.4. The summed E-state index contributed by atoms with van der Waals surface area (Å²) in [4.78, 5) is 0. The molecule has 0 saturated heterocycles. The molecule has 0 atom stereocenters. The Bertz CT molecular complexity index is 951. The summed E-state index contributed by atoms with van der Waals surface area (Å²) in [7, 11) is -4.07. The molecule has 0 radical (unpaired) electrons. The zero-order valence-electron chi connectivity index (χ0n) is 16.0. The first-order valence-corrected chi connectivity index (χ1v) is 10.8. The molecule has 0 aliphatic rings. The van der Waals surface area contributed by atoms with Crippen LogP contribution >= 0.6 is 0 Å². The zero-order valence-corrected chi connectivity index (χ0v) is 16.8. The number of rotatable bonds is 7. The first-order chi connectivity index (χ1) is 13.7. The van der Waals surface area contributed by atoms with E-state index in [4.69, 9.17) is 17.2 Å². The summed E-state index contributed by atoms with van der Waals surface area (Å²) in [5, 5.41) is 0. The monoisotopic (exact) mass is 411 g/mol. The number of anilines is 3. The van der Waals surface area contributed by atoms with Gasteiger partial charge in [0.25, 0.3) is 10.1 Å². The largest absolute Gasteiger partial charge is 0.399 e. The average Bonchev–Trinajstić information content (AvgIpc) is 2.67. The maximum absolute atomic E-state index is 11.4. The highest BCUT2D eigenvalue weighted by Crippen LogP contribution is 2.44. The Hall–Kier alpha value is -3.03. The van der Waals surface area contributed by atoms with Gasteiger partial charge in [0.1, 0.15) is 0 Å². The Morgan fingerprint density at radius 1 is 0.655 bits per heavy atom.